The Morgan fingerprint density at radius 3 is 2.83 bits per heavy atom. The Balaban J connectivity index is 1.88. The van der Waals surface area contributed by atoms with Gasteiger partial charge < -0.3 is 4.74 Å². The molecular weight excluding hydrogens is 268 g/mol. The summed E-state index contributed by atoms with van der Waals surface area (Å²) in [6, 6.07) is 0.398. The van der Waals surface area contributed by atoms with E-state index in [0.717, 1.165) is 38.2 Å². The minimum absolute atomic E-state index is 0.398. The van der Waals surface area contributed by atoms with Gasteiger partial charge in [0.15, 0.2) is 0 Å². The number of ether oxygens (including phenoxy) is 1. The molecular formula is C13H21ClN2OS. The van der Waals surface area contributed by atoms with Crippen LogP contribution in [0, 0.1) is 0 Å². The molecule has 0 aliphatic carbocycles. The SMILES string of the molecule is CCOC1CCN(C(C)c2nc(CCl)cs2)CC1. The second kappa shape index (κ2) is 6.85. The van der Waals surface area contributed by atoms with Crippen LogP contribution in [-0.2, 0) is 10.6 Å². The number of thiazole rings is 1. The van der Waals surface area contributed by atoms with Crippen LogP contribution in [-0.4, -0.2) is 35.7 Å². The van der Waals surface area contributed by atoms with Gasteiger partial charge in [-0.25, -0.2) is 4.98 Å². The van der Waals surface area contributed by atoms with Crippen molar-refractivity contribution >= 4 is 22.9 Å². The molecule has 0 amide bonds. The van der Waals surface area contributed by atoms with Crippen molar-refractivity contribution in [1.29, 1.82) is 0 Å². The van der Waals surface area contributed by atoms with E-state index in [2.05, 4.69) is 29.1 Å². The van der Waals surface area contributed by atoms with Crippen LogP contribution < -0.4 is 0 Å². The summed E-state index contributed by atoms with van der Waals surface area (Å²) in [4.78, 5) is 7.07. The zero-order chi connectivity index (χ0) is 13.0. The van der Waals surface area contributed by atoms with Gasteiger partial charge in [-0.05, 0) is 26.7 Å². The van der Waals surface area contributed by atoms with Gasteiger partial charge in [-0.3, -0.25) is 4.90 Å². The Morgan fingerprint density at radius 1 is 1.56 bits per heavy atom. The van der Waals surface area contributed by atoms with E-state index in [1.165, 1.54) is 5.01 Å². The molecule has 0 aromatic carbocycles. The van der Waals surface area contributed by atoms with E-state index < -0.39 is 0 Å². The number of halogens is 1. The zero-order valence-electron chi connectivity index (χ0n) is 11.1. The first-order chi connectivity index (χ1) is 8.74. The summed E-state index contributed by atoms with van der Waals surface area (Å²) in [7, 11) is 0. The van der Waals surface area contributed by atoms with Gasteiger partial charge in [0.25, 0.3) is 0 Å². The minimum atomic E-state index is 0.398. The summed E-state index contributed by atoms with van der Waals surface area (Å²) in [5.41, 5.74) is 0.993. The molecule has 0 N–H and O–H groups in total. The highest BCUT2D eigenvalue weighted by molar-refractivity contribution is 7.09. The molecule has 0 saturated carbocycles. The van der Waals surface area contributed by atoms with Gasteiger partial charge in [-0.1, -0.05) is 0 Å². The molecule has 1 fully saturated rings. The summed E-state index contributed by atoms with van der Waals surface area (Å²) in [6.45, 7) is 7.32. The Labute approximate surface area is 118 Å². The molecule has 0 spiro atoms. The summed E-state index contributed by atoms with van der Waals surface area (Å²) in [5.74, 6) is 0.510. The van der Waals surface area contributed by atoms with E-state index >= 15 is 0 Å². The van der Waals surface area contributed by atoms with Gasteiger partial charge >= 0.3 is 0 Å². The van der Waals surface area contributed by atoms with Gasteiger partial charge in [0, 0.05) is 25.1 Å². The fourth-order valence-corrected chi connectivity index (χ4v) is 3.53. The number of aromatic nitrogens is 1. The molecule has 2 heterocycles. The molecule has 1 unspecified atom stereocenters. The topological polar surface area (TPSA) is 25.4 Å². The van der Waals surface area contributed by atoms with Crippen molar-refractivity contribution in [3.63, 3.8) is 0 Å². The lowest BCUT2D eigenvalue weighted by Gasteiger charge is -2.34. The fraction of sp³-hybridized carbons (Fsp3) is 0.769. The summed E-state index contributed by atoms with van der Waals surface area (Å²) < 4.78 is 5.68. The minimum Gasteiger partial charge on any atom is -0.378 e. The summed E-state index contributed by atoms with van der Waals surface area (Å²) in [5, 5.41) is 3.24. The van der Waals surface area contributed by atoms with Crippen molar-refractivity contribution in [2.24, 2.45) is 0 Å². The molecule has 102 valence electrons. The second-order valence-electron chi connectivity index (χ2n) is 4.68. The third-order valence-corrected chi connectivity index (χ3v) is 4.83. The van der Waals surface area contributed by atoms with Crippen molar-refractivity contribution in [1.82, 2.24) is 9.88 Å². The number of hydrogen-bond acceptors (Lipinski definition) is 4. The van der Waals surface area contributed by atoms with Gasteiger partial charge in [0.1, 0.15) is 5.01 Å². The maximum absolute atomic E-state index is 5.80. The van der Waals surface area contributed by atoms with Crippen molar-refractivity contribution in [2.75, 3.05) is 19.7 Å². The van der Waals surface area contributed by atoms with Gasteiger partial charge in [-0.15, -0.1) is 22.9 Å². The van der Waals surface area contributed by atoms with E-state index in [-0.39, 0.29) is 0 Å². The van der Waals surface area contributed by atoms with E-state index in [9.17, 15) is 0 Å². The van der Waals surface area contributed by atoms with Crippen LogP contribution in [0.15, 0.2) is 5.38 Å². The maximum Gasteiger partial charge on any atom is 0.110 e. The molecule has 1 aliphatic heterocycles. The molecule has 2 rings (SSSR count). The van der Waals surface area contributed by atoms with Crippen molar-refractivity contribution in [3.8, 4) is 0 Å². The molecule has 1 aromatic rings. The first kappa shape index (κ1) is 14.3. The lowest BCUT2D eigenvalue weighted by atomic mass is 10.1. The first-order valence-corrected chi connectivity index (χ1v) is 8.02. The lowest BCUT2D eigenvalue weighted by molar-refractivity contribution is 0.00552. The average molecular weight is 289 g/mol. The van der Waals surface area contributed by atoms with E-state index in [1.54, 1.807) is 11.3 Å². The molecule has 1 aromatic heterocycles. The lowest BCUT2D eigenvalue weighted by Crippen LogP contribution is -2.38. The standard InChI is InChI=1S/C13H21ClN2OS/c1-3-17-12-4-6-16(7-5-12)10(2)13-15-11(8-14)9-18-13/h9-10,12H,3-8H2,1-2H3. The van der Waals surface area contributed by atoms with Gasteiger partial charge in [-0.2, -0.15) is 0 Å². The normalized spacial score (nSPS) is 20.2. The smallest absolute Gasteiger partial charge is 0.110 e. The van der Waals surface area contributed by atoms with Crippen LogP contribution in [0.4, 0.5) is 0 Å². The maximum atomic E-state index is 5.80. The van der Waals surface area contributed by atoms with Crippen molar-refractivity contribution < 1.29 is 4.74 Å². The largest absolute Gasteiger partial charge is 0.378 e. The summed E-state index contributed by atoms with van der Waals surface area (Å²) in [6.07, 6.45) is 2.71. The molecule has 5 heteroatoms. The highest BCUT2D eigenvalue weighted by atomic mass is 35.5. The highest BCUT2D eigenvalue weighted by Gasteiger charge is 2.25. The number of alkyl halides is 1. The average Bonchev–Trinajstić information content (AvgIpc) is 2.88. The van der Waals surface area contributed by atoms with Crippen LogP contribution >= 0.6 is 22.9 Å². The molecule has 1 atom stereocenters. The van der Waals surface area contributed by atoms with Crippen LogP contribution in [0.3, 0.4) is 0 Å². The van der Waals surface area contributed by atoms with Crippen LogP contribution in [0.25, 0.3) is 0 Å². The van der Waals surface area contributed by atoms with Crippen LogP contribution in [0.1, 0.15) is 43.4 Å². The third-order valence-electron chi connectivity index (χ3n) is 3.49. The number of rotatable bonds is 5. The van der Waals surface area contributed by atoms with Crippen LogP contribution in [0.5, 0.6) is 0 Å². The molecule has 18 heavy (non-hydrogen) atoms. The Hall–Kier alpha value is -0.160. The molecule has 3 nitrogen and oxygen atoms in total. The highest BCUT2D eigenvalue weighted by Crippen LogP contribution is 2.27. The van der Waals surface area contributed by atoms with E-state index in [1.807, 2.05) is 0 Å². The first-order valence-electron chi connectivity index (χ1n) is 6.60. The second-order valence-corrected chi connectivity index (χ2v) is 5.83. The molecule has 1 saturated heterocycles. The number of piperidine rings is 1. The third kappa shape index (κ3) is 3.44. The monoisotopic (exact) mass is 288 g/mol. The van der Waals surface area contributed by atoms with E-state index in [4.69, 9.17) is 16.3 Å². The molecule has 0 bridgehead atoms. The Kier molecular flexibility index (Phi) is 5.42. The number of likely N-dealkylation sites (tertiary alicyclic amines) is 1. The Morgan fingerprint density at radius 2 is 2.28 bits per heavy atom. The summed E-state index contributed by atoms with van der Waals surface area (Å²) >= 11 is 7.52. The quantitative estimate of drug-likeness (QED) is 0.776. The van der Waals surface area contributed by atoms with Crippen molar-refractivity contribution in [3.05, 3.63) is 16.1 Å². The van der Waals surface area contributed by atoms with Crippen molar-refractivity contribution in [2.45, 2.75) is 44.7 Å². The molecule has 1 aliphatic rings. The fourth-order valence-electron chi connectivity index (χ4n) is 2.40. The van der Waals surface area contributed by atoms with Crippen LogP contribution in [0.2, 0.25) is 0 Å². The molecule has 0 radical (unpaired) electrons. The van der Waals surface area contributed by atoms with Gasteiger partial charge in [0.2, 0.25) is 0 Å². The number of hydrogen-bond donors (Lipinski definition) is 0. The van der Waals surface area contributed by atoms with E-state index in [0.29, 0.717) is 18.0 Å². The predicted octanol–water partition coefficient (Wildman–Crippen LogP) is 3.44. The van der Waals surface area contributed by atoms with Gasteiger partial charge in [0.05, 0.1) is 23.7 Å². The number of nitrogens with zero attached hydrogens (tertiary/aromatic N) is 2. The Bertz CT molecular complexity index is 364. The zero-order valence-corrected chi connectivity index (χ0v) is 12.6. The predicted molar refractivity (Wildman–Crippen MR) is 76.3 cm³/mol.